The first kappa shape index (κ1) is 12.8. The molecule has 0 saturated carbocycles. The molecule has 0 fully saturated rings. The molecule has 88 valence electrons. The maximum atomic E-state index is 10.8. The van der Waals surface area contributed by atoms with E-state index in [2.05, 4.69) is 5.32 Å². The van der Waals surface area contributed by atoms with E-state index < -0.39 is 11.9 Å². The Morgan fingerprint density at radius 1 is 1.44 bits per heavy atom. The molecule has 0 spiro atoms. The van der Waals surface area contributed by atoms with Crippen LogP contribution in [0.1, 0.15) is 19.4 Å². The molecule has 0 radical (unpaired) electrons. The third kappa shape index (κ3) is 3.14. The molecular formula is C12H16ClNO2. The van der Waals surface area contributed by atoms with E-state index in [0.29, 0.717) is 5.02 Å². The summed E-state index contributed by atoms with van der Waals surface area (Å²) in [6.07, 6.45) is 0. The van der Waals surface area contributed by atoms with Crippen LogP contribution in [0.25, 0.3) is 0 Å². The van der Waals surface area contributed by atoms with Crippen LogP contribution in [0.15, 0.2) is 18.2 Å². The Kier molecular flexibility index (Phi) is 4.19. The van der Waals surface area contributed by atoms with E-state index in [0.717, 1.165) is 11.3 Å². The number of halogens is 1. The first-order valence-corrected chi connectivity index (χ1v) is 5.55. The quantitative estimate of drug-likeness (QED) is 0.851. The van der Waals surface area contributed by atoms with E-state index in [-0.39, 0.29) is 6.04 Å². The van der Waals surface area contributed by atoms with Crippen molar-refractivity contribution in [2.75, 3.05) is 5.32 Å². The summed E-state index contributed by atoms with van der Waals surface area (Å²) in [5.74, 6) is -1.25. The van der Waals surface area contributed by atoms with Crippen LogP contribution in [-0.4, -0.2) is 17.1 Å². The lowest BCUT2D eigenvalue weighted by Crippen LogP contribution is -2.29. The SMILES string of the molecule is Cc1ccc(Cl)cc1NC(C)C(C)C(=O)O. The molecule has 2 N–H and O–H groups in total. The van der Waals surface area contributed by atoms with Crippen LogP contribution >= 0.6 is 11.6 Å². The van der Waals surface area contributed by atoms with Gasteiger partial charge in [-0.3, -0.25) is 4.79 Å². The second-order valence-corrected chi connectivity index (χ2v) is 4.46. The van der Waals surface area contributed by atoms with Gasteiger partial charge in [0, 0.05) is 16.8 Å². The fraction of sp³-hybridized carbons (Fsp3) is 0.417. The summed E-state index contributed by atoms with van der Waals surface area (Å²) in [6.45, 7) is 5.48. The molecule has 0 bridgehead atoms. The molecule has 1 aromatic rings. The normalized spacial score (nSPS) is 14.2. The van der Waals surface area contributed by atoms with Crippen molar-refractivity contribution in [1.29, 1.82) is 0 Å². The Morgan fingerprint density at radius 2 is 2.06 bits per heavy atom. The van der Waals surface area contributed by atoms with Crippen molar-refractivity contribution in [3.05, 3.63) is 28.8 Å². The molecule has 0 aliphatic heterocycles. The number of nitrogens with one attached hydrogen (secondary N) is 1. The summed E-state index contributed by atoms with van der Waals surface area (Å²) in [7, 11) is 0. The molecular weight excluding hydrogens is 226 g/mol. The summed E-state index contributed by atoms with van der Waals surface area (Å²) in [4.78, 5) is 10.8. The van der Waals surface area contributed by atoms with Crippen molar-refractivity contribution in [3.8, 4) is 0 Å². The molecule has 0 amide bonds. The molecule has 2 atom stereocenters. The van der Waals surface area contributed by atoms with Crippen LogP contribution in [0.2, 0.25) is 5.02 Å². The van der Waals surface area contributed by atoms with Crippen LogP contribution in [0, 0.1) is 12.8 Å². The maximum Gasteiger partial charge on any atom is 0.308 e. The minimum Gasteiger partial charge on any atom is -0.481 e. The van der Waals surface area contributed by atoms with Crippen molar-refractivity contribution < 1.29 is 9.90 Å². The number of carboxylic acid groups (broad SMARTS) is 1. The van der Waals surface area contributed by atoms with Crippen molar-refractivity contribution in [3.63, 3.8) is 0 Å². The Balaban J connectivity index is 2.80. The van der Waals surface area contributed by atoms with Crippen molar-refractivity contribution in [2.24, 2.45) is 5.92 Å². The summed E-state index contributed by atoms with van der Waals surface area (Å²) >= 11 is 5.89. The van der Waals surface area contributed by atoms with Crippen LogP contribution in [-0.2, 0) is 4.79 Å². The average Bonchev–Trinajstić information content (AvgIpc) is 2.22. The van der Waals surface area contributed by atoms with Gasteiger partial charge in [-0.1, -0.05) is 17.7 Å². The number of hydrogen-bond donors (Lipinski definition) is 2. The van der Waals surface area contributed by atoms with Crippen LogP contribution in [0.3, 0.4) is 0 Å². The second kappa shape index (κ2) is 5.21. The van der Waals surface area contributed by atoms with E-state index >= 15 is 0 Å². The lowest BCUT2D eigenvalue weighted by Gasteiger charge is -2.20. The predicted octanol–water partition coefficient (Wildman–Crippen LogP) is 3.17. The highest BCUT2D eigenvalue weighted by Gasteiger charge is 2.19. The maximum absolute atomic E-state index is 10.8. The molecule has 0 heterocycles. The number of hydrogen-bond acceptors (Lipinski definition) is 2. The molecule has 3 nitrogen and oxygen atoms in total. The minimum absolute atomic E-state index is 0.144. The Morgan fingerprint density at radius 3 is 2.62 bits per heavy atom. The number of aryl methyl sites for hydroxylation is 1. The van der Waals surface area contributed by atoms with E-state index in [4.69, 9.17) is 16.7 Å². The Hall–Kier alpha value is -1.22. The van der Waals surface area contributed by atoms with Gasteiger partial charge in [-0.2, -0.15) is 0 Å². The van der Waals surface area contributed by atoms with Gasteiger partial charge in [-0.25, -0.2) is 0 Å². The van der Waals surface area contributed by atoms with Gasteiger partial charge in [0.15, 0.2) is 0 Å². The van der Waals surface area contributed by atoms with Gasteiger partial charge in [0.1, 0.15) is 0 Å². The number of anilines is 1. The molecule has 4 heteroatoms. The van der Waals surface area contributed by atoms with Crippen molar-refractivity contribution in [2.45, 2.75) is 26.8 Å². The summed E-state index contributed by atoms with van der Waals surface area (Å²) in [5.41, 5.74) is 1.93. The van der Waals surface area contributed by atoms with E-state index in [9.17, 15) is 4.79 Å². The first-order valence-electron chi connectivity index (χ1n) is 5.17. The molecule has 1 aromatic carbocycles. The zero-order valence-corrected chi connectivity index (χ0v) is 10.4. The van der Waals surface area contributed by atoms with E-state index in [1.807, 2.05) is 32.0 Å². The number of rotatable bonds is 4. The van der Waals surface area contributed by atoms with Crippen LogP contribution in [0.5, 0.6) is 0 Å². The Bertz CT molecular complexity index is 393. The number of aliphatic carboxylic acids is 1. The smallest absolute Gasteiger partial charge is 0.308 e. The highest BCUT2D eigenvalue weighted by atomic mass is 35.5. The zero-order chi connectivity index (χ0) is 12.3. The van der Waals surface area contributed by atoms with Gasteiger partial charge >= 0.3 is 5.97 Å². The molecule has 2 unspecified atom stereocenters. The molecule has 0 aliphatic rings. The van der Waals surface area contributed by atoms with E-state index in [1.165, 1.54) is 0 Å². The average molecular weight is 242 g/mol. The van der Waals surface area contributed by atoms with Crippen molar-refractivity contribution >= 4 is 23.3 Å². The number of carboxylic acids is 1. The largest absolute Gasteiger partial charge is 0.481 e. The Labute approximate surface area is 100 Å². The van der Waals surface area contributed by atoms with Crippen LogP contribution in [0.4, 0.5) is 5.69 Å². The number of benzene rings is 1. The number of carbonyl (C=O) groups is 1. The molecule has 0 aliphatic carbocycles. The van der Waals surface area contributed by atoms with Gasteiger partial charge in [-0.05, 0) is 38.5 Å². The third-order valence-corrected chi connectivity index (χ3v) is 2.96. The van der Waals surface area contributed by atoms with Gasteiger partial charge in [0.05, 0.1) is 5.92 Å². The van der Waals surface area contributed by atoms with E-state index in [1.54, 1.807) is 6.92 Å². The predicted molar refractivity (Wildman–Crippen MR) is 66.1 cm³/mol. The fourth-order valence-corrected chi connectivity index (χ4v) is 1.51. The summed E-state index contributed by atoms with van der Waals surface area (Å²) in [6, 6.07) is 5.38. The minimum atomic E-state index is -0.806. The van der Waals surface area contributed by atoms with Crippen molar-refractivity contribution in [1.82, 2.24) is 0 Å². The molecule has 16 heavy (non-hydrogen) atoms. The lowest BCUT2D eigenvalue weighted by atomic mass is 10.0. The topological polar surface area (TPSA) is 49.3 Å². The summed E-state index contributed by atoms with van der Waals surface area (Å²) in [5, 5.41) is 12.7. The second-order valence-electron chi connectivity index (χ2n) is 4.02. The highest BCUT2D eigenvalue weighted by molar-refractivity contribution is 6.30. The standard InChI is InChI=1S/C12H16ClNO2/c1-7-4-5-10(13)6-11(7)14-9(3)8(2)12(15)16/h4-6,8-9,14H,1-3H3,(H,15,16). The monoisotopic (exact) mass is 241 g/mol. The lowest BCUT2D eigenvalue weighted by molar-refractivity contribution is -0.141. The fourth-order valence-electron chi connectivity index (χ4n) is 1.33. The highest BCUT2D eigenvalue weighted by Crippen LogP contribution is 2.22. The third-order valence-electron chi connectivity index (χ3n) is 2.72. The molecule has 1 rings (SSSR count). The van der Waals surface area contributed by atoms with Gasteiger partial charge < -0.3 is 10.4 Å². The van der Waals surface area contributed by atoms with Gasteiger partial charge in [-0.15, -0.1) is 0 Å². The van der Waals surface area contributed by atoms with Crippen LogP contribution < -0.4 is 5.32 Å². The molecule has 0 saturated heterocycles. The summed E-state index contributed by atoms with van der Waals surface area (Å²) < 4.78 is 0. The van der Waals surface area contributed by atoms with Gasteiger partial charge in [0.25, 0.3) is 0 Å². The zero-order valence-electron chi connectivity index (χ0n) is 9.62. The van der Waals surface area contributed by atoms with Gasteiger partial charge in [0.2, 0.25) is 0 Å². The molecule has 0 aromatic heterocycles. The first-order chi connectivity index (χ1) is 7.41.